The maximum atomic E-state index is 6.26. The van der Waals surface area contributed by atoms with E-state index in [1.807, 2.05) is 18.5 Å². The summed E-state index contributed by atoms with van der Waals surface area (Å²) in [5, 5.41) is 8.31. The van der Waals surface area contributed by atoms with E-state index < -0.39 is 0 Å². The van der Waals surface area contributed by atoms with Crippen LogP contribution in [0, 0.1) is 6.92 Å². The lowest BCUT2D eigenvalue weighted by Crippen LogP contribution is -2.26. The van der Waals surface area contributed by atoms with Crippen molar-refractivity contribution in [1.29, 1.82) is 0 Å². The number of aromatic nitrogens is 4. The SMILES string of the molecule is CCNC(c1cnc(C)cn1)c1c(Cl)cnn1CC. The van der Waals surface area contributed by atoms with Crippen molar-refractivity contribution in [2.45, 2.75) is 33.4 Å². The molecule has 2 aromatic heterocycles. The van der Waals surface area contributed by atoms with Gasteiger partial charge in [-0.2, -0.15) is 5.10 Å². The van der Waals surface area contributed by atoms with Gasteiger partial charge in [-0.3, -0.25) is 14.6 Å². The van der Waals surface area contributed by atoms with Crippen molar-refractivity contribution in [1.82, 2.24) is 25.1 Å². The van der Waals surface area contributed by atoms with Crippen LogP contribution in [0.25, 0.3) is 0 Å². The van der Waals surface area contributed by atoms with Crippen molar-refractivity contribution in [3.63, 3.8) is 0 Å². The molecule has 0 aliphatic rings. The Kier molecular flexibility index (Phi) is 4.50. The number of nitrogens with zero attached hydrogens (tertiary/aromatic N) is 4. The predicted octanol–water partition coefficient (Wildman–Crippen LogP) is 2.35. The summed E-state index contributed by atoms with van der Waals surface area (Å²) in [6.07, 6.45) is 5.22. The standard InChI is InChI=1S/C13H18ClN5/c1-4-15-12(11-8-16-9(3)6-17-11)13-10(14)7-18-19(13)5-2/h6-8,12,15H,4-5H2,1-3H3. The van der Waals surface area contributed by atoms with Crippen LogP contribution in [0.1, 0.15) is 37.0 Å². The average Bonchev–Trinajstić information content (AvgIpc) is 2.78. The molecule has 0 saturated carbocycles. The molecule has 1 atom stereocenters. The van der Waals surface area contributed by atoms with Crippen molar-refractivity contribution in [2.24, 2.45) is 0 Å². The van der Waals surface area contributed by atoms with E-state index in [-0.39, 0.29) is 6.04 Å². The second kappa shape index (κ2) is 6.12. The number of hydrogen-bond donors (Lipinski definition) is 1. The first-order valence-electron chi connectivity index (χ1n) is 6.40. The monoisotopic (exact) mass is 279 g/mol. The molecule has 5 nitrogen and oxygen atoms in total. The van der Waals surface area contributed by atoms with Crippen molar-refractivity contribution >= 4 is 11.6 Å². The van der Waals surface area contributed by atoms with E-state index in [0.29, 0.717) is 5.02 Å². The summed E-state index contributed by atoms with van der Waals surface area (Å²) in [4.78, 5) is 8.75. The molecule has 0 spiro atoms. The van der Waals surface area contributed by atoms with Crippen LogP contribution in [0.2, 0.25) is 5.02 Å². The van der Waals surface area contributed by atoms with Gasteiger partial charge in [0, 0.05) is 12.7 Å². The number of halogens is 1. The highest BCUT2D eigenvalue weighted by atomic mass is 35.5. The zero-order chi connectivity index (χ0) is 13.8. The summed E-state index contributed by atoms with van der Waals surface area (Å²) >= 11 is 6.26. The fourth-order valence-electron chi connectivity index (χ4n) is 2.01. The van der Waals surface area contributed by atoms with Gasteiger partial charge in [0.15, 0.2) is 0 Å². The number of rotatable bonds is 5. The second-order valence-corrected chi connectivity index (χ2v) is 4.67. The molecule has 6 heteroatoms. The number of aryl methyl sites for hydroxylation is 2. The van der Waals surface area contributed by atoms with Crippen molar-refractivity contribution < 1.29 is 0 Å². The third-order valence-corrected chi connectivity index (χ3v) is 3.20. The van der Waals surface area contributed by atoms with Crippen LogP contribution in [0.4, 0.5) is 0 Å². The van der Waals surface area contributed by atoms with Gasteiger partial charge in [-0.05, 0) is 20.4 Å². The number of hydrogen-bond acceptors (Lipinski definition) is 4. The van der Waals surface area contributed by atoms with E-state index in [0.717, 1.165) is 30.2 Å². The van der Waals surface area contributed by atoms with E-state index in [2.05, 4.69) is 27.3 Å². The lowest BCUT2D eigenvalue weighted by atomic mass is 10.1. The van der Waals surface area contributed by atoms with Crippen LogP contribution in [0.15, 0.2) is 18.6 Å². The largest absolute Gasteiger partial charge is 0.304 e. The Bertz CT molecular complexity index is 534. The van der Waals surface area contributed by atoms with E-state index >= 15 is 0 Å². The van der Waals surface area contributed by atoms with Crippen molar-refractivity contribution in [3.05, 3.63) is 40.7 Å². The molecule has 0 aromatic carbocycles. The van der Waals surface area contributed by atoms with Gasteiger partial charge >= 0.3 is 0 Å². The summed E-state index contributed by atoms with van der Waals surface area (Å²) in [6, 6.07) is -0.0898. The molecule has 0 fully saturated rings. The molecule has 0 aliphatic heterocycles. The van der Waals surface area contributed by atoms with Gasteiger partial charge in [0.2, 0.25) is 0 Å². The molecule has 102 valence electrons. The summed E-state index contributed by atoms with van der Waals surface area (Å²) in [6.45, 7) is 7.59. The molecular formula is C13H18ClN5. The Morgan fingerprint density at radius 1 is 1.26 bits per heavy atom. The minimum Gasteiger partial charge on any atom is -0.304 e. The molecule has 19 heavy (non-hydrogen) atoms. The van der Waals surface area contributed by atoms with Crippen LogP contribution < -0.4 is 5.32 Å². The minimum absolute atomic E-state index is 0.0898. The van der Waals surface area contributed by atoms with Crippen molar-refractivity contribution in [2.75, 3.05) is 6.54 Å². The third kappa shape index (κ3) is 2.93. The van der Waals surface area contributed by atoms with E-state index in [1.54, 1.807) is 18.6 Å². The highest BCUT2D eigenvalue weighted by Gasteiger charge is 2.22. The zero-order valence-corrected chi connectivity index (χ0v) is 12.1. The fraction of sp³-hybridized carbons (Fsp3) is 0.462. The van der Waals surface area contributed by atoms with Gasteiger partial charge in [0.1, 0.15) is 0 Å². The Labute approximate surface area is 118 Å². The number of nitrogens with one attached hydrogen (secondary N) is 1. The van der Waals surface area contributed by atoms with E-state index in [9.17, 15) is 0 Å². The summed E-state index contributed by atoms with van der Waals surface area (Å²) in [5.74, 6) is 0. The smallest absolute Gasteiger partial charge is 0.0952 e. The molecule has 0 saturated heterocycles. The molecular weight excluding hydrogens is 262 g/mol. The predicted molar refractivity (Wildman–Crippen MR) is 75.2 cm³/mol. The Hall–Kier alpha value is -1.46. The highest BCUT2D eigenvalue weighted by molar-refractivity contribution is 6.31. The molecule has 0 bridgehead atoms. The quantitative estimate of drug-likeness (QED) is 0.913. The lowest BCUT2D eigenvalue weighted by Gasteiger charge is -2.19. The Morgan fingerprint density at radius 3 is 2.63 bits per heavy atom. The first kappa shape index (κ1) is 14.0. The van der Waals surface area contributed by atoms with Crippen LogP contribution in [0.5, 0.6) is 0 Å². The van der Waals surface area contributed by atoms with Gasteiger partial charge in [0.25, 0.3) is 0 Å². The zero-order valence-electron chi connectivity index (χ0n) is 11.4. The van der Waals surface area contributed by atoms with Crippen molar-refractivity contribution in [3.8, 4) is 0 Å². The second-order valence-electron chi connectivity index (χ2n) is 4.27. The summed E-state index contributed by atoms with van der Waals surface area (Å²) < 4.78 is 1.89. The van der Waals surface area contributed by atoms with Gasteiger partial charge in [-0.1, -0.05) is 18.5 Å². The maximum Gasteiger partial charge on any atom is 0.0952 e. The van der Waals surface area contributed by atoms with Gasteiger partial charge in [-0.15, -0.1) is 0 Å². The van der Waals surface area contributed by atoms with Crippen LogP contribution in [-0.4, -0.2) is 26.3 Å². The molecule has 0 amide bonds. The molecule has 0 radical (unpaired) electrons. The summed E-state index contributed by atoms with van der Waals surface area (Å²) in [5.41, 5.74) is 2.68. The normalized spacial score (nSPS) is 12.6. The average molecular weight is 280 g/mol. The maximum absolute atomic E-state index is 6.26. The van der Waals surface area contributed by atoms with E-state index in [4.69, 9.17) is 11.6 Å². The topological polar surface area (TPSA) is 55.6 Å². The van der Waals surface area contributed by atoms with Gasteiger partial charge in [-0.25, -0.2) is 0 Å². The first-order chi connectivity index (χ1) is 9.17. The van der Waals surface area contributed by atoms with Crippen LogP contribution in [0.3, 0.4) is 0 Å². The van der Waals surface area contributed by atoms with Crippen LogP contribution in [-0.2, 0) is 6.54 Å². The molecule has 1 N–H and O–H groups in total. The molecule has 2 rings (SSSR count). The molecule has 2 heterocycles. The third-order valence-electron chi connectivity index (χ3n) is 2.91. The molecule has 1 unspecified atom stereocenters. The van der Waals surface area contributed by atoms with Gasteiger partial charge in [0.05, 0.1) is 40.5 Å². The highest BCUT2D eigenvalue weighted by Crippen LogP contribution is 2.26. The lowest BCUT2D eigenvalue weighted by molar-refractivity contribution is 0.533. The Balaban J connectivity index is 2.44. The Morgan fingerprint density at radius 2 is 2.05 bits per heavy atom. The van der Waals surface area contributed by atoms with E-state index in [1.165, 1.54) is 0 Å². The van der Waals surface area contributed by atoms with Gasteiger partial charge < -0.3 is 5.32 Å². The fourth-order valence-corrected chi connectivity index (χ4v) is 2.26. The van der Waals surface area contributed by atoms with Crippen LogP contribution >= 0.6 is 11.6 Å². The minimum atomic E-state index is -0.0898. The summed E-state index contributed by atoms with van der Waals surface area (Å²) in [7, 11) is 0. The first-order valence-corrected chi connectivity index (χ1v) is 6.78. The molecule has 2 aromatic rings. The molecule has 0 aliphatic carbocycles.